The summed E-state index contributed by atoms with van der Waals surface area (Å²) >= 11 is 0. The van der Waals surface area contributed by atoms with E-state index >= 15 is 0 Å². The van der Waals surface area contributed by atoms with Crippen LogP contribution >= 0.6 is 0 Å². The number of fused-ring (bicyclic) bond motifs is 2. The first-order valence-corrected chi connectivity index (χ1v) is 11.2. The highest BCUT2D eigenvalue weighted by atomic mass is 32.2. The summed E-state index contributed by atoms with van der Waals surface area (Å²) in [6.45, 7) is 4.39. The van der Waals surface area contributed by atoms with E-state index in [4.69, 9.17) is 4.84 Å². The van der Waals surface area contributed by atoms with E-state index in [0.717, 1.165) is 44.9 Å². The van der Waals surface area contributed by atoms with Gasteiger partial charge in [-0.2, -0.15) is 0 Å². The minimum absolute atomic E-state index is 0.0267. The van der Waals surface area contributed by atoms with Crippen LogP contribution in [0.1, 0.15) is 58.8 Å². The van der Waals surface area contributed by atoms with Crippen LogP contribution in [0.4, 0.5) is 0 Å². The van der Waals surface area contributed by atoms with Gasteiger partial charge in [0.05, 0.1) is 11.8 Å². The minimum atomic E-state index is -3.59. The Morgan fingerprint density at radius 2 is 2.00 bits per heavy atom. The maximum Gasteiger partial charge on any atom is 0.285 e. The van der Waals surface area contributed by atoms with Crippen molar-refractivity contribution in [2.75, 3.05) is 5.75 Å². The van der Waals surface area contributed by atoms with Gasteiger partial charge in [-0.1, -0.05) is 25.4 Å². The van der Waals surface area contributed by atoms with Gasteiger partial charge in [-0.25, -0.2) is 12.7 Å². The molecular formula is C18H26N2O4S. The molecule has 25 heavy (non-hydrogen) atoms. The Bertz CT molecular complexity index is 774. The van der Waals surface area contributed by atoms with Gasteiger partial charge < -0.3 is 4.84 Å². The third-order valence-electron chi connectivity index (χ3n) is 8.17. The quantitative estimate of drug-likeness (QED) is 0.713. The summed E-state index contributed by atoms with van der Waals surface area (Å²) in [5.74, 6) is 0.189. The molecule has 5 atom stereocenters. The van der Waals surface area contributed by atoms with Gasteiger partial charge in [0.15, 0.2) is 5.71 Å². The highest BCUT2D eigenvalue weighted by Gasteiger charge is 2.72. The molecule has 1 amide bonds. The van der Waals surface area contributed by atoms with Crippen LogP contribution in [-0.2, 0) is 19.7 Å². The van der Waals surface area contributed by atoms with Gasteiger partial charge in [0, 0.05) is 11.3 Å². The van der Waals surface area contributed by atoms with Crippen LogP contribution < -0.4 is 0 Å². The van der Waals surface area contributed by atoms with Gasteiger partial charge in [0.1, 0.15) is 6.10 Å². The molecule has 5 aliphatic rings. The Morgan fingerprint density at radius 1 is 1.24 bits per heavy atom. The molecule has 3 aliphatic carbocycles. The molecule has 2 bridgehead atoms. The predicted octanol–water partition coefficient (Wildman–Crippen LogP) is 2.30. The lowest BCUT2D eigenvalue weighted by Crippen LogP contribution is -2.48. The number of carbonyl (C=O) groups is 1. The number of hydrogen-bond acceptors (Lipinski definition) is 5. The fourth-order valence-corrected chi connectivity index (χ4v) is 9.12. The van der Waals surface area contributed by atoms with E-state index < -0.39 is 15.9 Å². The van der Waals surface area contributed by atoms with Crippen molar-refractivity contribution in [3.05, 3.63) is 0 Å². The first kappa shape index (κ1) is 16.1. The number of sulfonamides is 1. The maximum absolute atomic E-state index is 13.3. The number of rotatable bonds is 1. The van der Waals surface area contributed by atoms with E-state index in [1.54, 1.807) is 0 Å². The van der Waals surface area contributed by atoms with Crippen LogP contribution in [0, 0.1) is 22.7 Å². The molecule has 6 nitrogen and oxygen atoms in total. The topological polar surface area (TPSA) is 76.0 Å². The molecule has 3 saturated carbocycles. The Morgan fingerprint density at radius 3 is 2.76 bits per heavy atom. The van der Waals surface area contributed by atoms with Crippen LogP contribution in [-0.4, -0.2) is 42.2 Å². The fourth-order valence-electron chi connectivity index (χ4n) is 6.59. The molecule has 138 valence electrons. The summed E-state index contributed by atoms with van der Waals surface area (Å²) in [5.41, 5.74) is 0.0464. The average molecular weight is 366 g/mol. The zero-order valence-corrected chi connectivity index (χ0v) is 15.7. The molecule has 7 heteroatoms. The van der Waals surface area contributed by atoms with Crippen molar-refractivity contribution >= 4 is 21.6 Å². The van der Waals surface area contributed by atoms with Crippen LogP contribution in [0.5, 0.6) is 0 Å². The number of oxime groups is 1. The number of amides is 1. The lowest BCUT2D eigenvalue weighted by atomic mass is 9.69. The van der Waals surface area contributed by atoms with E-state index in [1.165, 1.54) is 4.31 Å². The molecule has 0 aromatic carbocycles. The van der Waals surface area contributed by atoms with E-state index in [0.29, 0.717) is 11.6 Å². The second kappa shape index (κ2) is 4.78. The Kier molecular flexibility index (Phi) is 3.08. The predicted molar refractivity (Wildman–Crippen MR) is 92.2 cm³/mol. The molecule has 0 unspecified atom stereocenters. The lowest BCUT2D eigenvalue weighted by Gasteiger charge is -2.37. The monoisotopic (exact) mass is 366 g/mol. The van der Waals surface area contributed by atoms with E-state index in [1.807, 2.05) is 0 Å². The molecule has 2 aliphatic heterocycles. The summed E-state index contributed by atoms with van der Waals surface area (Å²) in [5, 5.41) is 4.06. The Hall–Kier alpha value is -1.11. The van der Waals surface area contributed by atoms with Gasteiger partial charge in [0.25, 0.3) is 5.91 Å². The molecule has 1 saturated heterocycles. The number of carbonyl (C=O) groups excluding carboxylic acids is 1. The molecule has 5 rings (SSSR count). The number of hydrogen-bond donors (Lipinski definition) is 0. The fraction of sp³-hybridized carbons (Fsp3) is 0.889. The van der Waals surface area contributed by atoms with Crippen molar-refractivity contribution in [3.63, 3.8) is 0 Å². The molecule has 1 spiro atoms. The lowest BCUT2D eigenvalue weighted by molar-refractivity contribution is -0.122. The second-order valence-electron chi connectivity index (χ2n) is 9.23. The normalized spacial score (nSPS) is 45.7. The van der Waals surface area contributed by atoms with Crippen molar-refractivity contribution in [1.82, 2.24) is 4.31 Å². The molecule has 0 aromatic heterocycles. The smallest absolute Gasteiger partial charge is 0.285 e. The van der Waals surface area contributed by atoms with Crippen molar-refractivity contribution in [3.8, 4) is 0 Å². The minimum Gasteiger partial charge on any atom is -0.391 e. The third kappa shape index (κ3) is 1.83. The van der Waals surface area contributed by atoms with Crippen molar-refractivity contribution in [2.24, 2.45) is 27.8 Å². The van der Waals surface area contributed by atoms with Crippen molar-refractivity contribution in [1.29, 1.82) is 0 Å². The van der Waals surface area contributed by atoms with Crippen LogP contribution in [0.2, 0.25) is 0 Å². The van der Waals surface area contributed by atoms with Gasteiger partial charge in [-0.3, -0.25) is 4.79 Å². The van der Waals surface area contributed by atoms with Crippen LogP contribution in [0.25, 0.3) is 0 Å². The largest absolute Gasteiger partial charge is 0.391 e. The summed E-state index contributed by atoms with van der Waals surface area (Å²) in [6.07, 6.45) is 6.66. The van der Waals surface area contributed by atoms with Gasteiger partial charge in [-0.05, 0) is 49.9 Å². The number of nitrogens with zero attached hydrogens (tertiary/aromatic N) is 2. The van der Waals surface area contributed by atoms with Crippen molar-refractivity contribution < 1.29 is 18.0 Å². The summed E-state index contributed by atoms with van der Waals surface area (Å²) < 4.78 is 27.3. The summed E-state index contributed by atoms with van der Waals surface area (Å²) in [7, 11) is -3.59. The standard InChI is InChI=1S/C18H26N2O4S/c1-17(2)11-7-8-18(17)10-25(22,23)20(14(18)9-11)16(21)15-12-5-3-4-6-13(12)24-19-15/h11-14H,3-10H2,1-2H3/t11-,12+,13-,14-,18-/m1/s1. The summed E-state index contributed by atoms with van der Waals surface area (Å²) in [4.78, 5) is 18.8. The third-order valence-corrected chi connectivity index (χ3v) is 10.1. The Balaban J connectivity index is 1.51. The SMILES string of the molecule is CC1(C)[C@@H]2CC[C@]13CS(=O)(=O)N(C(=O)C1=NO[C@@H]4CCCC[C@H]14)[C@@H]3C2. The van der Waals surface area contributed by atoms with Crippen LogP contribution in [0.3, 0.4) is 0 Å². The highest BCUT2D eigenvalue weighted by Crippen LogP contribution is 2.70. The molecular weight excluding hydrogens is 340 g/mol. The van der Waals surface area contributed by atoms with Gasteiger partial charge >= 0.3 is 0 Å². The summed E-state index contributed by atoms with van der Waals surface area (Å²) in [6, 6.07) is -0.191. The first-order valence-electron chi connectivity index (χ1n) is 9.58. The molecule has 0 N–H and O–H groups in total. The van der Waals surface area contributed by atoms with E-state index in [-0.39, 0.29) is 34.6 Å². The molecule has 0 aromatic rings. The first-order chi connectivity index (χ1) is 11.8. The zero-order chi connectivity index (χ0) is 17.6. The average Bonchev–Trinajstić information content (AvgIpc) is 3.20. The highest BCUT2D eigenvalue weighted by molar-refractivity contribution is 7.90. The van der Waals surface area contributed by atoms with E-state index in [9.17, 15) is 13.2 Å². The molecule has 2 heterocycles. The van der Waals surface area contributed by atoms with Gasteiger partial charge in [-0.15, -0.1) is 0 Å². The maximum atomic E-state index is 13.3. The molecule has 0 radical (unpaired) electrons. The molecule has 4 fully saturated rings. The second-order valence-corrected chi connectivity index (χ2v) is 11.1. The Labute approximate surface area is 149 Å². The van der Waals surface area contributed by atoms with Crippen molar-refractivity contribution in [2.45, 2.75) is 70.9 Å². The zero-order valence-electron chi connectivity index (χ0n) is 14.9. The van der Waals surface area contributed by atoms with Crippen LogP contribution in [0.15, 0.2) is 5.16 Å². The van der Waals surface area contributed by atoms with Gasteiger partial charge in [0.2, 0.25) is 10.0 Å². The van der Waals surface area contributed by atoms with E-state index in [2.05, 4.69) is 19.0 Å².